The van der Waals surface area contributed by atoms with E-state index in [-0.39, 0.29) is 75.5 Å². The minimum atomic E-state index is 0. The predicted octanol–water partition coefficient (Wildman–Crippen LogP) is 2.90. The van der Waals surface area contributed by atoms with Crippen molar-refractivity contribution in [1.29, 1.82) is 0 Å². The van der Waals surface area contributed by atoms with E-state index >= 15 is 0 Å². The molecule has 0 amide bonds. The molecule has 0 atom stereocenters. The van der Waals surface area contributed by atoms with Crippen molar-refractivity contribution in [2.24, 2.45) is 0 Å². The maximum Gasteiger partial charge on any atom is 0 e. The van der Waals surface area contributed by atoms with E-state index in [9.17, 15) is 0 Å². The van der Waals surface area contributed by atoms with Gasteiger partial charge in [-0.15, -0.1) is 0 Å². The van der Waals surface area contributed by atoms with Crippen molar-refractivity contribution in [2.45, 2.75) is 13.8 Å². The van der Waals surface area contributed by atoms with Crippen LogP contribution in [-0.2, 0) is 0 Å². The smallest absolute Gasteiger partial charge is 0 e. The first-order chi connectivity index (χ1) is 3.83. The first-order valence-electron chi connectivity index (χ1n) is 2.34. The Morgan fingerprint density at radius 2 is 0.900 bits per heavy atom. The van der Waals surface area contributed by atoms with Crippen molar-refractivity contribution in [3.63, 3.8) is 0 Å². The Hall–Kier alpha value is 2.70. The van der Waals surface area contributed by atoms with Gasteiger partial charge in [-0.1, -0.05) is 12.2 Å². The van der Waals surface area contributed by atoms with Crippen LogP contribution in [0.4, 0.5) is 0 Å². The van der Waals surface area contributed by atoms with Crippen LogP contribution >= 0.6 is 25.3 Å². The molecular formula is C6H12Ar2S2. The molecule has 0 N–H and O–H groups in total. The zero-order chi connectivity index (χ0) is 6.83. The van der Waals surface area contributed by atoms with Crippen molar-refractivity contribution < 1.29 is 75.5 Å². The summed E-state index contributed by atoms with van der Waals surface area (Å²) in [5, 5.41) is 3.39. The largest absolute Gasteiger partial charge is 0.152 e. The predicted molar refractivity (Wildman–Crippen MR) is 47.6 cm³/mol. The molecule has 0 fully saturated rings. The molecule has 0 aromatic carbocycles. The van der Waals surface area contributed by atoms with Gasteiger partial charge in [0.2, 0.25) is 0 Å². The standard InChI is InChI=1S/2C3H6S.2Ar/c2*1-2-3-4;;/h2*2-4H,1H3;;/b3-2+;3-2-;;. The SMILES string of the molecule is C/C=C/S.C/C=C\S.[Ar].[Ar]. The summed E-state index contributed by atoms with van der Waals surface area (Å²) in [6.45, 7) is 3.85. The van der Waals surface area contributed by atoms with E-state index in [0.717, 1.165) is 0 Å². The fraction of sp³-hybridized carbons (Fsp3) is 0.333. The fourth-order valence-electron chi connectivity index (χ4n) is 0. The molecular weight excluding hydrogens is 216 g/mol. The van der Waals surface area contributed by atoms with Crippen molar-refractivity contribution in [2.75, 3.05) is 0 Å². The molecule has 0 aliphatic heterocycles. The van der Waals surface area contributed by atoms with Crippen LogP contribution < -0.4 is 0 Å². The zero-order valence-electron chi connectivity index (χ0n) is 5.91. The minimum absolute atomic E-state index is 0. The number of allylic oxidation sites excluding steroid dienone is 2. The van der Waals surface area contributed by atoms with Crippen LogP contribution in [0.25, 0.3) is 0 Å². The molecule has 10 heavy (non-hydrogen) atoms. The summed E-state index contributed by atoms with van der Waals surface area (Å²) in [6, 6.07) is 0. The molecule has 0 aromatic heterocycles. The van der Waals surface area contributed by atoms with Gasteiger partial charge in [0.05, 0.1) is 0 Å². The van der Waals surface area contributed by atoms with E-state index < -0.39 is 0 Å². The molecule has 0 heterocycles. The van der Waals surface area contributed by atoms with Gasteiger partial charge in [0.15, 0.2) is 0 Å². The van der Waals surface area contributed by atoms with E-state index in [1.807, 2.05) is 26.0 Å². The molecule has 0 bridgehead atoms. The summed E-state index contributed by atoms with van der Waals surface area (Å²) in [6.07, 6.45) is 3.73. The van der Waals surface area contributed by atoms with Gasteiger partial charge in [0.25, 0.3) is 0 Å². The maximum atomic E-state index is 3.74. The van der Waals surface area contributed by atoms with Gasteiger partial charge in [-0.05, 0) is 24.7 Å². The van der Waals surface area contributed by atoms with Crippen LogP contribution in [0.1, 0.15) is 13.8 Å². The van der Waals surface area contributed by atoms with Crippen LogP contribution in [-0.4, -0.2) is 0 Å². The third kappa shape index (κ3) is 45.6. The Balaban J connectivity index is -0.0000000300. The summed E-state index contributed by atoms with van der Waals surface area (Å²) in [5.74, 6) is 0. The number of hydrogen-bond donors (Lipinski definition) is 2. The Morgan fingerprint density at radius 1 is 0.800 bits per heavy atom. The Kier molecular flexibility index (Phi) is 68.5. The number of rotatable bonds is 0. The minimum Gasteiger partial charge on any atom is -0.152 e. The van der Waals surface area contributed by atoms with Gasteiger partial charge in [-0.3, -0.25) is 0 Å². The van der Waals surface area contributed by atoms with Gasteiger partial charge in [-0.2, -0.15) is 25.3 Å². The summed E-state index contributed by atoms with van der Waals surface area (Å²) in [7, 11) is 0. The monoisotopic (exact) mass is 228 g/mol. The van der Waals surface area contributed by atoms with Crippen LogP contribution in [0.5, 0.6) is 0 Å². The van der Waals surface area contributed by atoms with Crippen LogP contribution in [0.15, 0.2) is 23.0 Å². The van der Waals surface area contributed by atoms with E-state index in [1.165, 1.54) is 0 Å². The molecule has 4 heteroatoms. The van der Waals surface area contributed by atoms with E-state index in [2.05, 4.69) is 25.3 Å². The normalized spacial score (nSPS) is 7.60. The van der Waals surface area contributed by atoms with Crippen molar-refractivity contribution in [1.82, 2.24) is 0 Å². The topological polar surface area (TPSA) is 0 Å². The third-order valence-electron chi connectivity index (χ3n) is 0.298. The second-order valence-electron chi connectivity index (χ2n) is 0.965. The summed E-state index contributed by atoms with van der Waals surface area (Å²) in [4.78, 5) is 0. The third-order valence-corrected chi connectivity index (χ3v) is 0.894. The van der Waals surface area contributed by atoms with Crippen molar-refractivity contribution in [3.05, 3.63) is 23.0 Å². The molecule has 64 valence electrons. The second-order valence-corrected chi connectivity index (χ2v) is 1.56. The molecule has 0 rings (SSSR count). The van der Waals surface area contributed by atoms with Gasteiger partial charge >= 0.3 is 0 Å². The van der Waals surface area contributed by atoms with Crippen LogP contribution in [0.3, 0.4) is 0 Å². The fourth-order valence-corrected chi connectivity index (χ4v) is 0. The quantitative estimate of drug-likeness (QED) is 0.585. The first kappa shape index (κ1) is 23.0. The molecule has 0 nitrogen and oxygen atoms in total. The van der Waals surface area contributed by atoms with Crippen molar-refractivity contribution >= 4 is 25.3 Å². The van der Waals surface area contributed by atoms with Gasteiger partial charge in [0, 0.05) is 75.5 Å². The van der Waals surface area contributed by atoms with Gasteiger partial charge in [0.1, 0.15) is 0 Å². The summed E-state index contributed by atoms with van der Waals surface area (Å²) >= 11 is 7.48. The molecule has 0 saturated carbocycles. The zero-order valence-corrected chi connectivity index (χ0v) is 9.11. The Bertz CT molecular complexity index is 54.1. The number of hydrogen-bond acceptors (Lipinski definition) is 2. The molecule has 0 spiro atoms. The molecule has 0 aliphatic rings. The molecule has 0 saturated heterocycles. The van der Waals surface area contributed by atoms with Crippen LogP contribution in [0, 0.1) is 75.5 Å². The van der Waals surface area contributed by atoms with Gasteiger partial charge < -0.3 is 0 Å². The molecule has 0 unspecified atom stereocenters. The van der Waals surface area contributed by atoms with Crippen LogP contribution in [0.2, 0.25) is 0 Å². The van der Waals surface area contributed by atoms with E-state index in [4.69, 9.17) is 0 Å². The Morgan fingerprint density at radius 3 is 0.900 bits per heavy atom. The molecule has 0 aliphatic carbocycles. The second kappa shape index (κ2) is 29.8. The average molecular weight is 228 g/mol. The van der Waals surface area contributed by atoms with E-state index in [1.54, 1.807) is 10.8 Å². The molecule has 0 aromatic rings. The van der Waals surface area contributed by atoms with Crippen molar-refractivity contribution in [3.8, 4) is 0 Å². The maximum absolute atomic E-state index is 3.74. The molecule has 0 radical (unpaired) electrons. The number of thiol groups is 2. The first-order valence-corrected chi connectivity index (χ1v) is 3.37. The summed E-state index contributed by atoms with van der Waals surface area (Å²) < 4.78 is 0. The Labute approximate surface area is 135 Å². The van der Waals surface area contributed by atoms with E-state index in [0.29, 0.717) is 0 Å². The average Bonchev–Trinajstić information content (AvgIpc) is 1.88. The summed E-state index contributed by atoms with van der Waals surface area (Å²) in [5.41, 5.74) is 0. The van der Waals surface area contributed by atoms with Gasteiger partial charge in [-0.25, -0.2) is 0 Å².